The lowest BCUT2D eigenvalue weighted by atomic mass is 9.99. The number of rotatable bonds is 5. The molecule has 2 heterocycles. The van der Waals surface area contributed by atoms with Gasteiger partial charge in [-0.1, -0.05) is 0 Å². The zero-order chi connectivity index (χ0) is 20.6. The van der Waals surface area contributed by atoms with Crippen molar-refractivity contribution >= 4 is 11.0 Å². The fraction of sp³-hybridized carbons (Fsp3) is 0.471. The molecule has 0 spiro atoms. The second kappa shape index (κ2) is 7.81. The smallest absolute Gasteiger partial charge is 0.336 e. The Bertz CT molecular complexity index is 906. The summed E-state index contributed by atoms with van der Waals surface area (Å²) in [6.45, 7) is -0.656. The molecule has 1 aromatic heterocycles. The number of ether oxygens (including phenoxy) is 4. The Hall–Kier alpha value is -2.57. The number of fused-ring (bicyclic) bond motifs is 1. The van der Waals surface area contributed by atoms with Crippen molar-refractivity contribution < 1.29 is 48.9 Å². The van der Waals surface area contributed by atoms with Crippen molar-refractivity contribution in [3.05, 3.63) is 22.6 Å². The van der Waals surface area contributed by atoms with Crippen LogP contribution in [0.4, 0.5) is 0 Å². The third-order valence-electron chi connectivity index (χ3n) is 4.41. The first-order valence-corrected chi connectivity index (χ1v) is 8.22. The second-order valence-corrected chi connectivity index (χ2v) is 6.06. The molecule has 11 heteroatoms. The fourth-order valence-electron chi connectivity index (χ4n) is 2.97. The SMILES string of the molecule is COc1c(O[C@H]2O[C@H](CO)[C@@H](O)[C@H](O)[C@H]2O)c(OC)c2oc(=O)ccc2c1O. The van der Waals surface area contributed by atoms with Crippen LogP contribution in [0.2, 0.25) is 0 Å². The molecular weight excluding hydrogens is 380 g/mol. The minimum Gasteiger partial charge on any atom is -0.504 e. The molecule has 0 aliphatic carbocycles. The van der Waals surface area contributed by atoms with E-state index in [9.17, 15) is 30.3 Å². The van der Waals surface area contributed by atoms with Gasteiger partial charge < -0.3 is 48.9 Å². The minimum absolute atomic E-state index is 0.106. The third-order valence-corrected chi connectivity index (χ3v) is 4.41. The van der Waals surface area contributed by atoms with Crippen molar-refractivity contribution in [3.8, 4) is 23.0 Å². The van der Waals surface area contributed by atoms with Crippen LogP contribution >= 0.6 is 0 Å². The third kappa shape index (κ3) is 3.23. The van der Waals surface area contributed by atoms with Gasteiger partial charge in [0.15, 0.2) is 11.3 Å². The fourth-order valence-corrected chi connectivity index (χ4v) is 2.97. The highest BCUT2D eigenvalue weighted by atomic mass is 16.7. The second-order valence-electron chi connectivity index (χ2n) is 6.06. The van der Waals surface area contributed by atoms with E-state index in [1.54, 1.807) is 0 Å². The van der Waals surface area contributed by atoms with E-state index in [2.05, 4.69) is 0 Å². The molecule has 154 valence electrons. The lowest BCUT2D eigenvalue weighted by Gasteiger charge is -2.39. The number of aliphatic hydroxyl groups excluding tert-OH is 4. The molecule has 3 rings (SSSR count). The molecule has 5 atom stereocenters. The predicted molar refractivity (Wildman–Crippen MR) is 91.6 cm³/mol. The number of hydrogen-bond donors (Lipinski definition) is 5. The molecule has 0 unspecified atom stereocenters. The minimum atomic E-state index is -1.71. The predicted octanol–water partition coefficient (Wildman–Crippen LogP) is -1.31. The summed E-state index contributed by atoms with van der Waals surface area (Å²) in [5.41, 5.74) is -0.859. The van der Waals surface area contributed by atoms with Crippen molar-refractivity contribution in [2.75, 3.05) is 20.8 Å². The maximum Gasteiger partial charge on any atom is 0.336 e. The molecule has 1 fully saturated rings. The van der Waals surface area contributed by atoms with Crippen molar-refractivity contribution in [2.24, 2.45) is 0 Å². The van der Waals surface area contributed by atoms with Gasteiger partial charge in [0.2, 0.25) is 23.5 Å². The van der Waals surface area contributed by atoms with E-state index >= 15 is 0 Å². The Morgan fingerprint density at radius 2 is 1.68 bits per heavy atom. The number of benzene rings is 1. The van der Waals surface area contributed by atoms with Gasteiger partial charge in [0.05, 0.1) is 26.2 Å². The molecule has 28 heavy (non-hydrogen) atoms. The topological polar surface area (TPSA) is 168 Å². The molecular formula is C17H20O11. The quantitative estimate of drug-likeness (QED) is 0.378. The van der Waals surface area contributed by atoms with E-state index in [1.165, 1.54) is 20.3 Å². The van der Waals surface area contributed by atoms with Gasteiger partial charge in [0.1, 0.15) is 24.4 Å². The maximum absolute atomic E-state index is 11.6. The molecule has 1 saturated heterocycles. The monoisotopic (exact) mass is 400 g/mol. The molecule has 0 radical (unpaired) electrons. The highest BCUT2D eigenvalue weighted by molar-refractivity contribution is 5.94. The van der Waals surface area contributed by atoms with Gasteiger partial charge in [0, 0.05) is 6.07 Å². The van der Waals surface area contributed by atoms with E-state index in [-0.39, 0.29) is 28.2 Å². The molecule has 1 aliphatic heterocycles. The summed E-state index contributed by atoms with van der Waals surface area (Å²) in [7, 11) is 2.48. The van der Waals surface area contributed by atoms with Gasteiger partial charge in [-0.25, -0.2) is 4.79 Å². The van der Waals surface area contributed by atoms with E-state index in [0.29, 0.717) is 0 Å². The first kappa shape index (κ1) is 20.2. The van der Waals surface area contributed by atoms with Gasteiger partial charge in [-0.15, -0.1) is 0 Å². The molecule has 0 bridgehead atoms. The van der Waals surface area contributed by atoms with Gasteiger partial charge >= 0.3 is 5.63 Å². The number of aromatic hydroxyl groups is 1. The van der Waals surface area contributed by atoms with Gasteiger partial charge in [-0.3, -0.25) is 0 Å². The summed E-state index contributed by atoms with van der Waals surface area (Å²) in [6, 6.07) is 2.40. The van der Waals surface area contributed by atoms with Crippen molar-refractivity contribution in [3.63, 3.8) is 0 Å². The molecule has 11 nitrogen and oxygen atoms in total. The summed E-state index contributed by atoms with van der Waals surface area (Å²) >= 11 is 0. The molecule has 5 N–H and O–H groups in total. The van der Waals surface area contributed by atoms with E-state index in [0.717, 1.165) is 6.07 Å². The van der Waals surface area contributed by atoms with Gasteiger partial charge in [-0.2, -0.15) is 0 Å². The number of hydrogen-bond acceptors (Lipinski definition) is 11. The Balaban J connectivity index is 2.13. The summed E-state index contributed by atoms with van der Waals surface area (Å²) in [6.07, 6.45) is -7.77. The lowest BCUT2D eigenvalue weighted by Crippen LogP contribution is -2.60. The summed E-state index contributed by atoms with van der Waals surface area (Å²) < 4.78 is 26.4. The van der Waals surface area contributed by atoms with Crippen molar-refractivity contribution in [2.45, 2.75) is 30.7 Å². The maximum atomic E-state index is 11.6. The van der Waals surface area contributed by atoms with Crippen LogP contribution in [0.15, 0.2) is 21.3 Å². The van der Waals surface area contributed by atoms with Crippen LogP contribution in [0.3, 0.4) is 0 Å². The first-order chi connectivity index (χ1) is 13.3. The van der Waals surface area contributed by atoms with Crippen molar-refractivity contribution in [1.82, 2.24) is 0 Å². The number of phenols is 1. The van der Waals surface area contributed by atoms with Crippen LogP contribution < -0.4 is 19.8 Å². The zero-order valence-electron chi connectivity index (χ0n) is 14.9. The van der Waals surface area contributed by atoms with E-state index in [1.807, 2.05) is 0 Å². The van der Waals surface area contributed by atoms with Crippen molar-refractivity contribution in [1.29, 1.82) is 0 Å². The van der Waals surface area contributed by atoms with E-state index < -0.39 is 48.7 Å². The lowest BCUT2D eigenvalue weighted by molar-refractivity contribution is -0.277. The number of phenolic OH excluding ortho intramolecular Hbond substituents is 1. The highest BCUT2D eigenvalue weighted by Crippen LogP contribution is 2.50. The molecule has 1 aliphatic rings. The van der Waals surface area contributed by atoms with Crippen LogP contribution in [-0.2, 0) is 4.74 Å². The Labute approximate surface area is 157 Å². The Kier molecular flexibility index (Phi) is 5.63. The molecule has 0 amide bonds. The molecule has 0 saturated carbocycles. The normalized spacial score (nSPS) is 27.6. The van der Waals surface area contributed by atoms with Crippen LogP contribution in [0, 0.1) is 0 Å². The van der Waals surface area contributed by atoms with Crippen LogP contribution in [0.1, 0.15) is 0 Å². The zero-order valence-corrected chi connectivity index (χ0v) is 14.9. The largest absolute Gasteiger partial charge is 0.504 e. The average Bonchev–Trinajstić information content (AvgIpc) is 2.68. The summed E-state index contributed by atoms with van der Waals surface area (Å²) in [4.78, 5) is 11.6. The van der Waals surface area contributed by atoms with Crippen LogP contribution in [0.5, 0.6) is 23.0 Å². The first-order valence-electron chi connectivity index (χ1n) is 8.22. The van der Waals surface area contributed by atoms with Gasteiger partial charge in [0.25, 0.3) is 0 Å². The van der Waals surface area contributed by atoms with Crippen LogP contribution in [-0.4, -0.2) is 77.1 Å². The summed E-state index contributed by atoms with van der Waals surface area (Å²) in [5, 5.41) is 49.8. The number of aliphatic hydroxyl groups is 4. The standard InChI is InChI=1S/C17H20O11/c1-24-14-9(20)6-3-4-8(19)27-13(6)15(25-2)16(14)28-17-12(23)11(22)10(21)7(5-18)26-17/h3-4,7,10-12,17-18,20-23H,5H2,1-2H3/t7-,10-,11+,12-,17-/m1/s1. The number of methoxy groups -OCH3 is 2. The Morgan fingerprint density at radius 1 is 1.00 bits per heavy atom. The van der Waals surface area contributed by atoms with E-state index in [4.69, 9.17) is 23.4 Å². The average molecular weight is 400 g/mol. The molecule has 1 aromatic carbocycles. The highest BCUT2D eigenvalue weighted by Gasteiger charge is 2.45. The Morgan fingerprint density at radius 3 is 2.29 bits per heavy atom. The van der Waals surface area contributed by atoms with Crippen LogP contribution in [0.25, 0.3) is 11.0 Å². The molecule has 2 aromatic rings. The summed E-state index contributed by atoms with van der Waals surface area (Å²) in [5.74, 6) is -1.07. The van der Waals surface area contributed by atoms with Gasteiger partial charge in [-0.05, 0) is 6.07 Å².